The second-order valence-corrected chi connectivity index (χ2v) is 9.51. The van der Waals surface area contributed by atoms with Crippen LogP contribution in [0.4, 0.5) is 0 Å². The third-order valence-electron chi connectivity index (χ3n) is 7.08. The molecule has 2 aliphatic rings. The Kier molecular flexibility index (Phi) is 6.10. The smallest absolute Gasteiger partial charge is 0.119 e. The molecule has 0 radical (unpaired) electrons. The molecule has 0 saturated carbocycles. The molecule has 2 unspecified atom stereocenters. The summed E-state index contributed by atoms with van der Waals surface area (Å²) in [6, 6.07) is 20.8. The van der Waals surface area contributed by atoms with E-state index in [0.29, 0.717) is 10.9 Å². The van der Waals surface area contributed by atoms with E-state index in [9.17, 15) is 5.11 Å². The molecule has 3 aromatic rings. The maximum Gasteiger partial charge on any atom is 0.119 e. The number of hydrogen-bond acceptors (Lipinski definition) is 5. The van der Waals surface area contributed by atoms with Gasteiger partial charge in [-0.05, 0) is 65.1 Å². The first-order chi connectivity index (χ1) is 15.5. The van der Waals surface area contributed by atoms with Crippen LogP contribution in [0, 0.1) is 5.92 Å². The minimum absolute atomic E-state index is 0.263. The molecule has 5 rings (SSSR count). The second-order valence-electron chi connectivity index (χ2n) is 9.07. The van der Waals surface area contributed by atoms with E-state index < -0.39 is 5.60 Å². The van der Waals surface area contributed by atoms with Crippen LogP contribution < -0.4 is 15.6 Å². The normalized spacial score (nSPS) is 23.5. The number of nitrogens with one attached hydrogen (secondary N) is 2. The number of fused-ring (bicyclic) bond motifs is 1. The first-order valence-corrected chi connectivity index (χ1v) is 11.7. The molecule has 6 heteroatoms. The van der Waals surface area contributed by atoms with Crippen molar-refractivity contribution in [2.45, 2.75) is 24.5 Å². The predicted molar refractivity (Wildman–Crippen MR) is 129 cm³/mol. The van der Waals surface area contributed by atoms with Crippen molar-refractivity contribution < 1.29 is 9.84 Å². The number of methoxy groups -OCH3 is 1. The molecule has 2 saturated heterocycles. The first kappa shape index (κ1) is 21.7. The third-order valence-corrected chi connectivity index (χ3v) is 7.33. The van der Waals surface area contributed by atoms with Gasteiger partial charge in [0.25, 0.3) is 0 Å². The van der Waals surface area contributed by atoms with Crippen LogP contribution in [0.1, 0.15) is 30.0 Å². The van der Waals surface area contributed by atoms with Crippen molar-refractivity contribution in [3.63, 3.8) is 0 Å². The summed E-state index contributed by atoms with van der Waals surface area (Å²) in [5.74, 6) is 1.35. The van der Waals surface area contributed by atoms with Gasteiger partial charge in [0.05, 0.1) is 18.8 Å². The van der Waals surface area contributed by atoms with Crippen molar-refractivity contribution in [3.8, 4) is 5.75 Å². The van der Waals surface area contributed by atoms with Crippen LogP contribution in [0.3, 0.4) is 0 Å². The number of ether oxygens (including phenoxy) is 1. The lowest BCUT2D eigenvalue weighted by atomic mass is 9.84. The summed E-state index contributed by atoms with van der Waals surface area (Å²) in [4.78, 5) is 2.49. The SMILES string of the molecule is COc1ccc2cc(C3NNCC3CN3CCC(O)(c4ccc(Cl)cc4)CC3)ccc2c1. The zero-order valence-electron chi connectivity index (χ0n) is 18.4. The van der Waals surface area contributed by atoms with E-state index in [1.54, 1.807) is 7.11 Å². The minimum Gasteiger partial charge on any atom is -0.497 e. The summed E-state index contributed by atoms with van der Waals surface area (Å²) >= 11 is 6.02. The van der Waals surface area contributed by atoms with E-state index in [1.807, 2.05) is 30.3 Å². The molecule has 0 amide bonds. The summed E-state index contributed by atoms with van der Waals surface area (Å²) in [7, 11) is 1.70. The number of hydrogen-bond donors (Lipinski definition) is 3. The third kappa shape index (κ3) is 4.36. The quantitative estimate of drug-likeness (QED) is 0.541. The fraction of sp³-hybridized carbons (Fsp3) is 0.385. The van der Waals surface area contributed by atoms with Crippen LogP contribution in [0.2, 0.25) is 5.02 Å². The van der Waals surface area contributed by atoms with Crippen molar-refractivity contribution in [1.29, 1.82) is 0 Å². The van der Waals surface area contributed by atoms with Gasteiger partial charge < -0.3 is 14.7 Å². The molecule has 2 heterocycles. The lowest BCUT2D eigenvalue weighted by molar-refractivity contribution is -0.0288. The minimum atomic E-state index is -0.758. The van der Waals surface area contributed by atoms with Crippen molar-refractivity contribution in [3.05, 3.63) is 76.8 Å². The molecule has 0 aliphatic carbocycles. The Bertz CT molecular complexity index is 1080. The maximum absolute atomic E-state index is 11.2. The van der Waals surface area contributed by atoms with Gasteiger partial charge in [-0.1, -0.05) is 41.9 Å². The molecule has 3 N–H and O–H groups in total. The molecule has 2 atom stereocenters. The average Bonchev–Trinajstić information content (AvgIpc) is 3.28. The van der Waals surface area contributed by atoms with Crippen molar-refractivity contribution in [2.24, 2.45) is 5.92 Å². The first-order valence-electron chi connectivity index (χ1n) is 11.3. The highest BCUT2D eigenvalue weighted by atomic mass is 35.5. The average molecular weight is 452 g/mol. The molecule has 5 nitrogen and oxygen atoms in total. The molecule has 32 heavy (non-hydrogen) atoms. The van der Waals surface area contributed by atoms with Gasteiger partial charge in [0.2, 0.25) is 0 Å². The Hall–Kier alpha value is -2.15. The molecule has 2 aliphatic heterocycles. The highest BCUT2D eigenvalue weighted by Crippen LogP contribution is 2.35. The highest BCUT2D eigenvalue weighted by molar-refractivity contribution is 6.30. The fourth-order valence-corrected chi connectivity index (χ4v) is 5.24. The van der Waals surface area contributed by atoms with E-state index in [0.717, 1.165) is 50.3 Å². The summed E-state index contributed by atoms with van der Waals surface area (Å²) < 4.78 is 5.35. The second kappa shape index (κ2) is 9.00. The number of halogens is 1. The van der Waals surface area contributed by atoms with Gasteiger partial charge in [-0.15, -0.1) is 0 Å². The van der Waals surface area contributed by atoms with Gasteiger partial charge in [0.1, 0.15) is 5.75 Å². The monoisotopic (exact) mass is 451 g/mol. The van der Waals surface area contributed by atoms with Crippen LogP contribution in [-0.2, 0) is 5.60 Å². The van der Waals surface area contributed by atoms with Gasteiger partial charge in [0, 0.05) is 37.1 Å². The number of aliphatic hydroxyl groups is 1. The van der Waals surface area contributed by atoms with Crippen LogP contribution >= 0.6 is 11.6 Å². The Labute approximate surface area is 194 Å². The molecular weight excluding hydrogens is 422 g/mol. The van der Waals surface area contributed by atoms with Gasteiger partial charge in [-0.25, -0.2) is 5.43 Å². The Morgan fingerprint density at radius 1 is 1.03 bits per heavy atom. The molecule has 168 valence electrons. The zero-order valence-corrected chi connectivity index (χ0v) is 19.1. The number of piperidine rings is 1. The Morgan fingerprint density at radius 2 is 1.75 bits per heavy atom. The van der Waals surface area contributed by atoms with Crippen molar-refractivity contribution >= 4 is 22.4 Å². The Morgan fingerprint density at radius 3 is 2.50 bits per heavy atom. The number of hydrazine groups is 1. The van der Waals surface area contributed by atoms with Crippen LogP contribution in [0.5, 0.6) is 5.75 Å². The summed E-state index contributed by atoms with van der Waals surface area (Å²) in [6.07, 6.45) is 1.48. The number of rotatable bonds is 5. The van der Waals surface area contributed by atoms with E-state index >= 15 is 0 Å². The van der Waals surface area contributed by atoms with E-state index in [2.05, 4.69) is 46.1 Å². The summed E-state index contributed by atoms with van der Waals surface area (Å²) in [5.41, 5.74) is 8.36. The van der Waals surface area contributed by atoms with Gasteiger partial charge >= 0.3 is 0 Å². The van der Waals surface area contributed by atoms with Crippen LogP contribution in [-0.4, -0.2) is 43.3 Å². The Balaban J connectivity index is 1.25. The topological polar surface area (TPSA) is 56.8 Å². The standard InChI is InChI=1S/C26H30ClN3O2/c1-32-24-9-4-18-14-20(3-2-19(18)15-24)25-21(16-28-29-25)17-30-12-10-26(31,11-13-30)22-5-7-23(27)8-6-22/h2-9,14-15,21,25,28-29,31H,10-13,16-17H2,1H3. The van der Waals surface area contributed by atoms with Crippen LogP contribution in [0.15, 0.2) is 60.7 Å². The maximum atomic E-state index is 11.2. The number of nitrogens with zero attached hydrogens (tertiary/aromatic N) is 1. The van der Waals surface area contributed by atoms with Gasteiger partial charge in [-0.3, -0.25) is 5.43 Å². The van der Waals surface area contributed by atoms with Gasteiger partial charge in [-0.2, -0.15) is 0 Å². The zero-order chi connectivity index (χ0) is 22.1. The van der Waals surface area contributed by atoms with E-state index in [1.165, 1.54) is 16.3 Å². The summed E-state index contributed by atoms with van der Waals surface area (Å²) in [5, 5.41) is 14.3. The summed E-state index contributed by atoms with van der Waals surface area (Å²) in [6.45, 7) is 3.71. The highest BCUT2D eigenvalue weighted by Gasteiger charge is 2.36. The largest absolute Gasteiger partial charge is 0.497 e. The van der Waals surface area contributed by atoms with Crippen molar-refractivity contribution in [1.82, 2.24) is 15.8 Å². The molecule has 0 spiro atoms. The molecule has 3 aromatic carbocycles. The van der Waals surface area contributed by atoms with E-state index in [-0.39, 0.29) is 6.04 Å². The molecule has 0 aromatic heterocycles. The number of benzene rings is 3. The van der Waals surface area contributed by atoms with Crippen molar-refractivity contribution in [2.75, 3.05) is 33.3 Å². The molecular formula is C26H30ClN3O2. The lowest BCUT2D eigenvalue weighted by Gasteiger charge is -2.40. The molecule has 2 fully saturated rings. The van der Waals surface area contributed by atoms with Crippen LogP contribution in [0.25, 0.3) is 10.8 Å². The lowest BCUT2D eigenvalue weighted by Crippen LogP contribution is -2.45. The predicted octanol–water partition coefficient (Wildman–Crippen LogP) is 4.25. The fourth-order valence-electron chi connectivity index (χ4n) is 5.11. The van der Waals surface area contributed by atoms with E-state index in [4.69, 9.17) is 16.3 Å². The molecule has 0 bridgehead atoms. The van der Waals surface area contributed by atoms with Gasteiger partial charge in [0.15, 0.2) is 0 Å². The number of likely N-dealkylation sites (tertiary alicyclic amines) is 1.